The number of carbonyl (C=O) groups excluding carboxylic acids is 1. The maximum absolute atomic E-state index is 12.1. The van der Waals surface area contributed by atoms with Gasteiger partial charge < -0.3 is 16.0 Å². The maximum atomic E-state index is 12.1. The number of hydrogen-bond donors (Lipinski definition) is 2. The van der Waals surface area contributed by atoms with Gasteiger partial charge in [-0.2, -0.15) is 0 Å². The molecule has 0 aliphatic heterocycles. The van der Waals surface area contributed by atoms with Crippen LogP contribution >= 0.6 is 0 Å². The summed E-state index contributed by atoms with van der Waals surface area (Å²) in [6.45, 7) is 4.87. The molecule has 21 heavy (non-hydrogen) atoms. The van der Waals surface area contributed by atoms with E-state index >= 15 is 0 Å². The number of para-hydroxylation sites is 1. The van der Waals surface area contributed by atoms with Crippen molar-refractivity contribution in [2.45, 2.75) is 13.8 Å². The van der Waals surface area contributed by atoms with Crippen molar-refractivity contribution in [3.05, 3.63) is 53.6 Å². The van der Waals surface area contributed by atoms with Crippen molar-refractivity contribution in [1.82, 2.24) is 5.32 Å². The zero-order valence-electron chi connectivity index (χ0n) is 12.7. The Labute approximate surface area is 125 Å². The van der Waals surface area contributed by atoms with Crippen LogP contribution in [0.3, 0.4) is 0 Å². The smallest absolute Gasteiger partial charge is 0.253 e. The normalized spacial score (nSPS) is 10.2. The number of nitrogens with one attached hydrogen (secondary N) is 1. The van der Waals surface area contributed by atoms with Gasteiger partial charge in [0.25, 0.3) is 5.91 Å². The third-order valence-electron chi connectivity index (χ3n) is 3.51. The molecule has 1 amide bonds. The molecule has 2 rings (SSSR count). The number of nitrogens with zero attached hydrogens (tertiary/aromatic N) is 1. The minimum atomic E-state index is -0.114. The Morgan fingerprint density at radius 3 is 2.52 bits per heavy atom. The molecule has 0 aliphatic rings. The van der Waals surface area contributed by atoms with Gasteiger partial charge in [0, 0.05) is 25.0 Å². The number of nitrogens with two attached hydrogens (primary N) is 1. The van der Waals surface area contributed by atoms with Crippen molar-refractivity contribution in [2.75, 3.05) is 24.2 Å². The molecule has 4 heteroatoms. The number of carbonyl (C=O) groups is 1. The van der Waals surface area contributed by atoms with E-state index in [9.17, 15) is 4.79 Å². The number of aryl methyl sites for hydroxylation is 1. The van der Waals surface area contributed by atoms with Crippen LogP contribution < -0.4 is 16.0 Å². The highest BCUT2D eigenvalue weighted by molar-refractivity contribution is 6.01. The molecule has 0 aliphatic carbocycles. The molecule has 2 aromatic rings. The molecule has 0 heterocycles. The van der Waals surface area contributed by atoms with Crippen molar-refractivity contribution in [3.8, 4) is 0 Å². The molecule has 0 saturated carbocycles. The average Bonchev–Trinajstić information content (AvgIpc) is 2.49. The summed E-state index contributed by atoms with van der Waals surface area (Å²) in [6.07, 6.45) is 0. The van der Waals surface area contributed by atoms with Crippen LogP contribution in [-0.4, -0.2) is 19.5 Å². The van der Waals surface area contributed by atoms with Crippen LogP contribution in [0.4, 0.5) is 17.1 Å². The zero-order chi connectivity index (χ0) is 15.4. The fourth-order valence-corrected chi connectivity index (χ4v) is 2.44. The third-order valence-corrected chi connectivity index (χ3v) is 3.51. The molecule has 0 fully saturated rings. The maximum Gasteiger partial charge on any atom is 0.253 e. The topological polar surface area (TPSA) is 58.4 Å². The molecule has 0 bridgehead atoms. The minimum absolute atomic E-state index is 0.114. The second-order valence-electron chi connectivity index (χ2n) is 4.89. The van der Waals surface area contributed by atoms with Crippen LogP contribution in [0.5, 0.6) is 0 Å². The molecule has 0 saturated heterocycles. The highest BCUT2D eigenvalue weighted by Gasteiger charge is 2.17. The zero-order valence-corrected chi connectivity index (χ0v) is 12.7. The van der Waals surface area contributed by atoms with Crippen LogP contribution in [0.15, 0.2) is 42.5 Å². The summed E-state index contributed by atoms with van der Waals surface area (Å²) in [4.78, 5) is 14.2. The van der Waals surface area contributed by atoms with Crippen LogP contribution in [0, 0.1) is 6.92 Å². The molecule has 3 N–H and O–H groups in total. The van der Waals surface area contributed by atoms with Gasteiger partial charge in [-0.05, 0) is 43.7 Å². The fourth-order valence-electron chi connectivity index (χ4n) is 2.44. The van der Waals surface area contributed by atoms with Crippen molar-refractivity contribution in [3.63, 3.8) is 0 Å². The van der Waals surface area contributed by atoms with Crippen LogP contribution in [-0.2, 0) is 0 Å². The fraction of sp³-hybridized carbons (Fsp3) is 0.235. The Kier molecular flexibility index (Phi) is 4.48. The lowest BCUT2D eigenvalue weighted by Gasteiger charge is -2.27. The molecule has 0 aromatic heterocycles. The minimum Gasteiger partial charge on any atom is -0.399 e. The molecule has 2 aromatic carbocycles. The number of amides is 1. The summed E-state index contributed by atoms with van der Waals surface area (Å²) in [5, 5.41) is 2.68. The molecular weight excluding hydrogens is 262 g/mol. The van der Waals surface area contributed by atoms with Crippen molar-refractivity contribution < 1.29 is 4.79 Å². The molecular formula is C17H21N3O. The molecule has 0 spiro atoms. The Hall–Kier alpha value is -2.49. The van der Waals surface area contributed by atoms with Crippen molar-refractivity contribution in [1.29, 1.82) is 0 Å². The number of nitrogen functional groups attached to an aromatic ring is 1. The van der Waals surface area contributed by atoms with Gasteiger partial charge in [0.15, 0.2) is 0 Å². The van der Waals surface area contributed by atoms with Gasteiger partial charge in [0.05, 0.1) is 11.3 Å². The lowest BCUT2D eigenvalue weighted by Crippen LogP contribution is -2.24. The second-order valence-corrected chi connectivity index (χ2v) is 4.89. The van der Waals surface area contributed by atoms with E-state index in [0.717, 1.165) is 23.5 Å². The Morgan fingerprint density at radius 1 is 1.19 bits per heavy atom. The first kappa shape index (κ1) is 14.9. The molecule has 0 atom stereocenters. The molecule has 110 valence electrons. The number of benzene rings is 2. The van der Waals surface area contributed by atoms with Gasteiger partial charge in [-0.3, -0.25) is 4.79 Å². The van der Waals surface area contributed by atoms with E-state index in [1.165, 1.54) is 0 Å². The van der Waals surface area contributed by atoms with E-state index in [0.29, 0.717) is 11.3 Å². The third kappa shape index (κ3) is 2.99. The number of rotatable bonds is 4. The summed E-state index contributed by atoms with van der Waals surface area (Å²) in [5.41, 5.74) is 10.2. The second kappa shape index (κ2) is 6.31. The van der Waals surface area contributed by atoms with Gasteiger partial charge in [-0.1, -0.05) is 18.2 Å². The lowest BCUT2D eigenvalue weighted by molar-refractivity contribution is 0.0963. The molecule has 0 radical (unpaired) electrons. The largest absolute Gasteiger partial charge is 0.399 e. The van der Waals surface area contributed by atoms with Crippen molar-refractivity contribution in [2.24, 2.45) is 0 Å². The average molecular weight is 283 g/mol. The van der Waals surface area contributed by atoms with Crippen LogP contribution in [0.25, 0.3) is 0 Å². The van der Waals surface area contributed by atoms with E-state index < -0.39 is 0 Å². The Morgan fingerprint density at radius 2 is 1.90 bits per heavy atom. The van der Waals surface area contributed by atoms with Gasteiger partial charge in [-0.15, -0.1) is 0 Å². The summed E-state index contributed by atoms with van der Waals surface area (Å²) < 4.78 is 0. The number of hydrogen-bond acceptors (Lipinski definition) is 3. The van der Waals surface area contributed by atoms with Crippen LogP contribution in [0.2, 0.25) is 0 Å². The summed E-state index contributed by atoms with van der Waals surface area (Å²) >= 11 is 0. The van der Waals surface area contributed by atoms with E-state index in [-0.39, 0.29) is 5.91 Å². The summed E-state index contributed by atoms with van der Waals surface area (Å²) in [5.74, 6) is -0.114. The molecule has 4 nitrogen and oxygen atoms in total. The lowest BCUT2D eigenvalue weighted by atomic mass is 10.1. The highest BCUT2D eigenvalue weighted by Crippen LogP contribution is 2.32. The predicted molar refractivity (Wildman–Crippen MR) is 88.1 cm³/mol. The molecule has 0 unspecified atom stereocenters. The van der Waals surface area contributed by atoms with Crippen molar-refractivity contribution >= 4 is 23.0 Å². The van der Waals surface area contributed by atoms with E-state index in [2.05, 4.69) is 36.2 Å². The predicted octanol–water partition coefficient (Wildman–Crippen LogP) is 3.09. The van der Waals surface area contributed by atoms with Gasteiger partial charge in [0.1, 0.15) is 0 Å². The van der Waals surface area contributed by atoms with E-state index in [1.807, 2.05) is 18.2 Å². The SMILES string of the molecule is CCN(c1ccccc1C)c1cc(N)ccc1C(=O)NC. The first-order valence-corrected chi connectivity index (χ1v) is 7.03. The monoisotopic (exact) mass is 283 g/mol. The van der Waals surface area contributed by atoms with Crippen LogP contribution in [0.1, 0.15) is 22.8 Å². The van der Waals surface area contributed by atoms with E-state index in [1.54, 1.807) is 19.2 Å². The quantitative estimate of drug-likeness (QED) is 0.848. The summed E-state index contributed by atoms with van der Waals surface area (Å²) in [7, 11) is 1.63. The van der Waals surface area contributed by atoms with Gasteiger partial charge in [-0.25, -0.2) is 0 Å². The Balaban J connectivity index is 2.59. The van der Waals surface area contributed by atoms with E-state index in [4.69, 9.17) is 5.73 Å². The number of anilines is 3. The van der Waals surface area contributed by atoms with Gasteiger partial charge in [0.2, 0.25) is 0 Å². The highest BCUT2D eigenvalue weighted by atomic mass is 16.1. The summed E-state index contributed by atoms with van der Waals surface area (Å²) in [6, 6.07) is 13.5. The van der Waals surface area contributed by atoms with Gasteiger partial charge >= 0.3 is 0 Å². The first-order chi connectivity index (χ1) is 10.1. The first-order valence-electron chi connectivity index (χ1n) is 7.03. The Bertz CT molecular complexity index is 652. The standard InChI is InChI=1S/C17H21N3O/c1-4-20(15-8-6-5-7-12(15)2)16-11-13(18)9-10-14(16)17(21)19-3/h5-11H,4,18H2,1-3H3,(H,19,21).